The average molecular weight is 264 g/mol. The molecule has 94 valence electrons. The van der Waals surface area contributed by atoms with Crippen molar-refractivity contribution < 1.29 is 14.7 Å². The van der Waals surface area contributed by atoms with Gasteiger partial charge in [-0.1, -0.05) is 5.92 Å². The first-order valence-corrected chi connectivity index (χ1v) is 5.99. The van der Waals surface area contributed by atoms with Gasteiger partial charge in [0.1, 0.15) is 5.69 Å². The number of carboxylic acids is 1. The van der Waals surface area contributed by atoms with E-state index >= 15 is 0 Å². The maximum Gasteiger partial charge on any atom is 0.354 e. The predicted octanol–water partition coefficient (Wildman–Crippen LogP) is 1.01. The molecule has 0 aliphatic rings. The number of terminal acetylenes is 1. The van der Waals surface area contributed by atoms with E-state index in [2.05, 4.69) is 16.2 Å². The lowest BCUT2D eigenvalue weighted by atomic mass is 10.3. The molecule has 0 saturated heterocycles. The molecule has 0 aliphatic heterocycles. The Morgan fingerprint density at radius 2 is 2.39 bits per heavy atom. The zero-order valence-electron chi connectivity index (χ0n) is 9.71. The fraction of sp³-hybridized carbons (Fsp3) is 0.250. The monoisotopic (exact) mass is 264 g/mol. The molecule has 0 saturated carbocycles. The van der Waals surface area contributed by atoms with Gasteiger partial charge >= 0.3 is 5.97 Å². The van der Waals surface area contributed by atoms with Gasteiger partial charge in [0.25, 0.3) is 0 Å². The molecule has 1 aromatic rings. The molecule has 5 nitrogen and oxygen atoms in total. The fourth-order valence-electron chi connectivity index (χ4n) is 1.14. The predicted molar refractivity (Wildman–Crippen MR) is 68.4 cm³/mol. The Hall–Kier alpha value is -2.00. The Labute approximate surface area is 109 Å². The minimum atomic E-state index is -1.10. The van der Waals surface area contributed by atoms with Crippen LogP contribution in [-0.4, -0.2) is 33.8 Å². The van der Waals surface area contributed by atoms with Crippen molar-refractivity contribution in [3.05, 3.63) is 24.0 Å². The van der Waals surface area contributed by atoms with Crippen LogP contribution in [0.25, 0.3) is 0 Å². The zero-order valence-corrected chi connectivity index (χ0v) is 10.5. The SMILES string of the molecule is C#CCNC(=O)C(C)Sc1ccnc(C(=O)O)c1. The Bertz CT molecular complexity index is 496. The van der Waals surface area contributed by atoms with Gasteiger partial charge < -0.3 is 10.4 Å². The fourth-order valence-corrected chi connectivity index (χ4v) is 2.06. The highest BCUT2D eigenvalue weighted by Gasteiger charge is 2.14. The van der Waals surface area contributed by atoms with E-state index in [1.807, 2.05) is 0 Å². The summed E-state index contributed by atoms with van der Waals surface area (Å²) in [6.07, 6.45) is 6.44. The number of pyridine rings is 1. The molecule has 18 heavy (non-hydrogen) atoms. The third-order valence-electron chi connectivity index (χ3n) is 2.00. The Morgan fingerprint density at radius 1 is 1.67 bits per heavy atom. The van der Waals surface area contributed by atoms with Crippen LogP contribution in [-0.2, 0) is 4.79 Å². The van der Waals surface area contributed by atoms with Crippen LogP contribution >= 0.6 is 11.8 Å². The second-order valence-electron chi connectivity index (χ2n) is 3.36. The van der Waals surface area contributed by atoms with Gasteiger partial charge in [-0.05, 0) is 19.1 Å². The highest BCUT2D eigenvalue weighted by molar-refractivity contribution is 8.00. The molecular formula is C12H12N2O3S. The summed E-state index contributed by atoms with van der Waals surface area (Å²) >= 11 is 1.25. The molecule has 1 aromatic heterocycles. The summed E-state index contributed by atoms with van der Waals surface area (Å²) in [4.78, 5) is 26.7. The van der Waals surface area contributed by atoms with Gasteiger partial charge in [0.2, 0.25) is 5.91 Å². The van der Waals surface area contributed by atoms with E-state index in [4.69, 9.17) is 11.5 Å². The van der Waals surface area contributed by atoms with E-state index in [0.717, 1.165) is 0 Å². The number of carboxylic acid groups (broad SMARTS) is 1. The highest BCUT2D eigenvalue weighted by atomic mass is 32.2. The summed E-state index contributed by atoms with van der Waals surface area (Å²) in [7, 11) is 0. The first kappa shape index (κ1) is 14.1. The first-order valence-electron chi connectivity index (χ1n) is 5.11. The van der Waals surface area contributed by atoms with E-state index in [9.17, 15) is 9.59 Å². The number of rotatable bonds is 5. The zero-order chi connectivity index (χ0) is 13.5. The van der Waals surface area contributed by atoms with Crippen molar-refractivity contribution in [1.29, 1.82) is 0 Å². The number of aromatic nitrogens is 1. The van der Waals surface area contributed by atoms with Gasteiger partial charge in [-0.2, -0.15) is 0 Å². The van der Waals surface area contributed by atoms with Gasteiger partial charge in [0, 0.05) is 11.1 Å². The molecule has 0 spiro atoms. The van der Waals surface area contributed by atoms with Gasteiger partial charge in [-0.3, -0.25) is 4.79 Å². The van der Waals surface area contributed by atoms with Crippen molar-refractivity contribution >= 4 is 23.6 Å². The largest absolute Gasteiger partial charge is 0.477 e. The molecule has 1 rings (SSSR count). The summed E-state index contributed by atoms with van der Waals surface area (Å²) in [5, 5.41) is 11.0. The molecule has 1 unspecified atom stereocenters. The lowest BCUT2D eigenvalue weighted by Crippen LogP contribution is -2.31. The molecule has 0 aliphatic carbocycles. The Morgan fingerprint density at radius 3 is 3.00 bits per heavy atom. The number of carbonyl (C=O) groups excluding carboxylic acids is 1. The van der Waals surface area contributed by atoms with E-state index in [0.29, 0.717) is 4.90 Å². The molecule has 0 aromatic carbocycles. The van der Waals surface area contributed by atoms with Crippen LogP contribution in [0.4, 0.5) is 0 Å². The number of hydrogen-bond donors (Lipinski definition) is 2. The van der Waals surface area contributed by atoms with Crippen molar-refractivity contribution in [1.82, 2.24) is 10.3 Å². The third-order valence-corrected chi connectivity index (χ3v) is 3.09. The molecule has 6 heteroatoms. The van der Waals surface area contributed by atoms with Crippen LogP contribution in [0.3, 0.4) is 0 Å². The molecular weight excluding hydrogens is 252 g/mol. The molecule has 0 radical (unpaired) electrons. The van der Waals surface area contributed by atoms with Crippen molar-refractivity contribution in [2.45, 2.75) is 17.1 Å². The van der Waals surface area contributed by atoms with Crippen LogP contribution in [0.5, 0.6) is 0 Å². The number of carbonyl (C=O) groups is 2. The van der Waals surface area contributed by atoms with Crippen LogP contribution < -0.4 is 5.32 Å². The smallest absolute Gasteiger partial charge is 0.354 e. The van der Waals surface area contributed by atoms with E-state index < -0.39 is 5.97 Å². The number of hydrogen-bond acceptors (Lipinski definition) is 4. The Kier molecular flexibility index (Phi) is 5.21. The molecule has 1 heterocycles. The number of nitrogens with zero attached hydrogens (tertiary/aromatic N) is 1. The summed E-state index contributed by atoms with van der Waals surface area (Å²) in [6, 6.07) is 3.08. The van der Waals surface area contributed by atoms with Crippen molar-refractivity contribution in [2.24, 2.45) is 0 Å². The lowest BCUT2D eigenvalue weighted by molar-refractivity contribution is -0.120. The second kappa shape index (κ2) is 6.67. The van der Waals surface area contributed by atoms with E-state index in [1.54, 1.807) is 13.0 Å². The van der Waals surface area contributed by atoms with Crippen LogP contribution in [0.1, 0.15) is 17.4 Å². The highest BCUT2D eigenvalue weighted by Crippen LogP contribution is 2.23. The Balaban J connectivity index is 2.67. The lowest BCUT2D eigenvalue weighted by Gasteiger charge is -2.10. The van der Waals surface area contributed by atoms with Crippen molar-refractivity contribution in [2.75, 3.05) is 6.54 Å². The van der Waals surface area contributed by atoms with Gasteiger partial charge in [0.15, 0.2) is 0 Å². The normalized spacial score (nSPS) is 11.3. The molecule has 2 N–H and O–H groups in total. The molecule has 0 fully saturated rings. The topological polar surface area (TPSA) is 79.3 Å². The summed E-state index contributed by atoms with van der Waals surface area (Å²) in [5.41, 5.74) is -0.0452. The first-order chi connectivity index (χ1) is 8.54. The summed E-state index contributed by atoms with van der Waals surface area (Å²) in [6.45, 7) is 1.90. The van der Waals surface area contributed by atoms with Crippen molar-refractivity contribution in [3.63, 3.8) is 0 Å². The van der Waals surface area contributed by atoms with Gasteiger partial charge in [-0.25, -0.2) is 9.78 Å². The quantitative estimate of drug-likeness (QED) is 0.613. The average Bonchev–Trinajstić information content (AvgIpc) is 2.36. The molecule has 1 atom stereocenters. The maximum absolute atomic E-state index is 11.6. The van der Waals surface area contributed by atoms with Gasteiger partial charge in [-0.15, -0.1) is 18.2 Å². The minimum Gasteiger partial charge on any atom is -0.477 e. The second-order valence-corrected chi connectivity index (χ2v) is 4.78. The maximum atomic E-state index is 11.6. The molecule has 0 bridgehead atoms. The van der Waals surface area contributed by atoms with Crippen LogP contribution in [0, 0.1) is 12.3 Å². The summed E-state index contributed by atoms with van der Waals surface area (Å²) < 4.78 is 0. The number of thioether (sulfide) groups is 1. The summed E-state index contributed by atoms with van der Waals surface area (Å²) in [5.74, 6) is 1.03. The van der Waals surface area contributed by atoms with E-state index in [-0.39, 0.29) is 23.4 Å². The van der Waals surface area contributed by atoms with E-state index in [1.165, 1.54) is 24.0 Å². The number of amides is 1. The van der Waals surface area contributed by atoms with Crippen molar-refractivity contribution in [3.8, 4) is 12.3 Å². The van der Waals surface area contributed by atoms with Crippen LogP contribution in [0.2, 0.25) is 0 Å². The van der Waals surface area contributed by atoms with Gasteiger partial charge in [0.05, 0.1) is 11.8 Å². The minimum absolute atomic E-state index is 0.0452. The number of aromatic carboxylic acids is 1. The molecule has 1 amide bonds. The van der Waals surface area contributed by atoms with Crippen LogP contribution in [0.15, 0.2) is 23.2 Å². The standard InChI is InChI=1S/C12H12N2O3S/c1-3-5-14-11(15)8(2)18-9-4-6-13-10(7-9)12(16)17/h1,4,6-8H,5H2,2H3,(H,14,15)(H,16,17). The number of nitrogens with one attached hydrogen (secondary N) is 1. The third kappa shape index (κ3) is 4.11.